The number of aryl methyl sites for hydroxylation is 1. The number of carbonyl (C=O) groups excluding carboxylic acids is 1. The first-order chi connectivity index (χ1) is 12.0. The summed E-state index contributed by atoms with van der Waals surface area (Å²) >= 11 is 0. The predicted molar refractivity (Wildman–Crippen MR) is 85.3 cm³/mol. The minimum Gasteiger partial charge on any atom is -0.468 e. The van der Waals surface area contributed by atoms with Crippen molar-refractivity contribution in [3.05, 3.63) is 65.4 Å². The van der Waals surface area contributed by atoms with Crippen LogP contribution in [0.2, 0.25) is 0 Å². The first-order valence-electron chi connectivity index (χ1n) is 7.42. The van der Waals surface area contributed by atoms with Crippen LogP contribution < -0.4 is 10.1 Å². The lowest BCUT2D eigenvalue weighted by Crippen LogP contribution is -2.13. The summed E-state index contributed by atoms with van der Waals surface area (Å²) in [4.78, 5) is 12.1. The maximum atomic E-state index is 13.6. The van der Waals surface area contributed by atoms with Gasteiger partial charge in [0.15, 0.2) is 24.1 Å². The van der Waals surface area contributed by atoms with Gasteiger partial charge >= 0.3 is 0 Å². The number of nitrogens with zero attached hydrogens (tertiary/aromatic N) is 2. The molecule has 0 fully saturated rings. The Hall–Kier alpha value is -3.16. The van der Waals surface area contributed by atoms with Crippen LogP contribution in [0, 0.1) is 25.5 Å². The fourth-order valence-corrected chi connectivity index (χ4v) is 2.31. The van der Waals surface area contributed by atoms with E-state index in [1.54, 1.807) is 26.0 Å². The van der Waals surface area contributed by atoms with E-state index in [0.29, 0.717) is 17.1 Å². The summed E-state index contributed by atoms with van der Waals surface area (Å²) in [6.45, 7) is 3.37. The zero-order valence-electron chi connectivity index (χ0n) is 13.5. The zero-order chi connectivity index (χ0) is 18.0. The molecule has 0 spiro atoms. The van der Waals surface area contributed by atoms with Crippen molar-refractivity contribution in [2.24, 2.45) is 0 Å². The van der Waals surface area contributed by atoms with E-state index >= 15 is 0 Å². The number of hydrogen-bond donors (Lipinski definition) is 1. The number of hydrogen-bond acceptors (Lipinski definition) is 4. The van der Waals surface area contributed by atoms with Crippen LogP contribution >= 0.6 is 0 Å². The molecule has 1 amide bonds. The molecular weight excluding hydrogens is 332 g/mol. The van der Waals surface area contributed by atoms with Crippen LogP contribution in [-0.2, 0) is 6.73 Å². The van der Waals surface area contributed by atoms with Crippen LogP contribution in [0.3, 0.4) is 0 Å². The van der Waals surface area contributed by atoms with Gasteiger partial charge in [0, 0.05) is 6.07 Å². The molecule has 0 unspecified atom stereocenters. The van der Waals surface area contributed by atoms with Gasteiger partial charge in [-0.3, -0.25) is 4.79 Å². The Balaban J connectivity index is 1.74. The van der Waals surface area contributed by atoms with Crippen molar-refractivity contribution < 1.29 is 22.7 Å². The second-order valence-corrected chi connectivity index (χ2v) is 5.32. The number of benzene rings is 1. The number of halogens is 2. The molecule has 0 saturated heterocycles. The quantitative estimate of drug-likeness (QED) is 0.765. The number of rotatable bonds is 5. The molecule has 2 heterocycles. The van der Waals surface area contributed by atoms with Crippen molar-refractivity contribution in [2.45, 2.75) is 20.6 Å². The van der Waals surface area contributed by atoms with Crippen LogP contribution in [0.15, 0.2) is 41.0 Å². The van der Waals surface area contributed by atoms with Gasteiger partial charge in [0.2, 0.25) is 0 Å². The van der Waals surface area contributed by atoms with E-state index < -0.39 is 17.5 Å². The third kappa shape index (κ3) is 3.52. The molecule has 8 heteroatoms. The van der Waals surface area contributed by atoms with E-state index in [0.717, 1.165) is 12.1 Å². The van der Waals surface area contributed by atoms with Crippen molar-refractivity contribution in [3.63, 3.8) is 0 Å². The highest BCUT2D eigenvalue weighted by atomic mass is 19.1. The highest BCUT2D eigenvalue weighted by molar-refractivity contribution is 6.02. The SMILES string of the molecule is Cc1nn(COc2ccc(F)cc2F)c(C)c1NC(=O)c1ccco1. The maximum absolute atomic E-state index is 13.6. The first-order valence-corrected chi connectivity index (χ1v) is 7.42. The minimum atomic E-state index is -0.798. The largest absolute Gasteiger partial charge is 0.468 e. The maximum Gasteiger partial charge on any atom is 0.291 e. The Bertz CT molecular complexity index is 904. The van der Waals surface area contributed by atoms with Crippen LogP contribution in [0.4, 0.5) is 14.5 Å². The number of furan rings is 1. The van der Waals surface area contributed by atoms with Crippen LogP contribution in [0.5, 0.6) is 5.75 Å². The van der Waals surface area contributed by atoms with Gasteiger partial charge in [-0.15, -0.1) is 0 Å². The lowest BCUT2D eigenvalue weighted by Gasteiger charge is -2.09. The number of carbonyl (C=O) groups is 1. The number of anilines is 1. The first kappa shape index (κ1) is 16.7. The number of amides is 1. The molecule has 1 N–H and O–H groups in total. The van der Waals surface area contributed by atoms with Gasteiger partial charge in [0.25, 0.3) is 5.91 Å². The highest BCUT2D eigenvalue weighted by Gasteiger charge is 2.17. The molecule has 0 atom stereocenters. The molecule has 130 valence electrons. The smallest absolute Gasteiger partial charge is 0.291 e. The van der Waals surface area contributed by atoms with E-state index in [-0.39, 0.29) is 18.2 Å². The second kappa shape index (κ2) is 6.76. The molecule has 0 aliphatic heterocycles. The Labute approximate surface area is 142 Å². The van der Waals surface area contributed by atoms with Crippen molar-refractivity contribution >= 4 is 11.6 Å². The molecular formula is C17H15F2N3O3. The van der Waals surface area contributed by atoms with Gasteiger partial charge in [-0.2, -0.15) is 5.10 Å². The lowest BCUT2D eigenvalue weighted by molar-refractivity contribution is 0.0996. The number of aromatic nitrogens is 2. The summed E-state index contributed by atoms with van der Waals surface area (Å²) in [5.74, 6) is -1.79. The highest BCUT2D eigenvalue weighted by Crippen LogP contribution is 2.22. The van der Waals surface area contributed by atoms with Crippen LogP contribution in [0.25, 0.3) is 0 Å². The average molecular weight is 347 g/mol. The molecule has 0 bridgehead atoms. The second-order valence-electron chi connectivity index (χ2n) is 5.32. The standard InChI is InChI=1S/C17H15F2N3O3/c1-10-16(20-17(23)15-4-3-7-24-15)11(2)22(21-10)9-25-14-6-5-12(18)8-13(14)19/h3-8H,9H2,1-2H3,(H,20,23). The summed E-state index contributed by atoms with van der Waals surface area (Å²) in [6.07, 6.45) is 1.41. The van der Waals surface area contributed by atoms with Crippen molar-refractivity contribution in [1.29, 1.82) is 0 Å². The molecule has 0 saturated carbocycles. The lowest BCUT2D eigenvalue weighted by atomic mass is 10.3. The summed E-state index contributed by atoms with van der Waals surface area (Å²) < 4.78 is 38.4. The Kier molecular flexibility index (Phi) is 4.51. The van der Waals surface area contributed by atoms with Gasteiger partial charge in [0.1, 0.15) is 5.82 Å². The Morgan fingerprint density at radius 1 is 1.32 bits per heavy atom. The monoisotopic (exact) mass is 347 g/mol. The van der Waals surface area contributed by atoms with E-state index in [1.165, 1.54) is 17.0 Å². The molecule has 3 rings (SSSR count). The number of nitrogens with one attached hydrogen (secondary N) is 1. The van der Waals surface area contributed by atoms with Gasteiger partial charge in [-0.25, -0.2) is 13.5 Å². The summed E-state index contributed by atoms with van der Waals surface area (Å²) in [5, 5.41) is 6.98. The van der Waals surface area contributed by atoms with Crippen molar-refractivity contribution in [2.75, 3.05) is 5.32 Å². The Morgan fingerprint density at radius 3 is 2.80 bits per heavy atom. The van der Waals surface area contributed by atoms with E-state index in [9.17, 15) is 13.6 Å². The fraction of sp³-hybridized carbons (Fsp3) is 0.176. The van der Waals surface area contributed by atoms with Gasteiger partial charge in [0.05, 0.1) is 23.3 Å². The van der Waals surface area contributed by atoms with E-state index in [2.05, 4.69) is 10.4 Å². The predicted octanol–water partition coefficient (Wildman–Crippen LogP) is 3.66. The average Bonchev–Trinajstić information content (AvgIpc) is 3.18. The molecule has 2 aromatic heterocycles. The molecule has 6 nitrogen and oxygen atoms in total. The molecule has 0 aliphatic rings. The van der Waals surface area contributed by atoms with E-state index in [1.807, 2.05) is 0 Å². The van der Waals surface area contributed by atoms with Crippen LogP contribution in [0.1, 0.15) is 21.9 Å². The summed E-state index contributed by atoms with van der Waals surface area (Å²) in [5.41, 5.74) is 1.71. The van der Waals surface area contributed by atoms with Gasteiger partial charge < -0.3 is 14.5 Å². The van der Waals surface area contributed by atoms with Gasteiger partial charge in [-0.05, 0) is 38.1 Å². The van der Waals surface area contributed by atoms with Gasteiger partial charge in [-0.1, -0.05) is 0 Å². The van der Waals surface area contributed by atoms with E-state index in [4.69, 9.17) is 9.15 Å². The number of ether oxygens (including phenoxy) is 1. The van der Waals surface area contributed by atoms with Crippen molar-refractivity contribution in [3.8, 4) is 5.75 Å². The zero-order valence-corrected chi connectivity index (χ0v) is 13.5. The van der Waals surface area contributed by atoms with Crippen LogP contribution in [-0.4, -0.2) is 15.7 Å². The normalized spacial score (nSPS) is 10.7. The van der Waals surface area contributed by atoms with Crippen molar-refractivity contribution in [1.82, 2.24) is 9.78 Å². The third-order valence-electron chi connectivity index (χ3n) is 3.60. The summed E-state index contributed by atoms with van der Waals surface area (Å²) in [6, 6.07) is 6.21. The molecule has 1 aromatic carbocycles. The minimum absolute atomic E-state index is 0.0878. The molecule has 3 aromatic rings. The molecule has 0 radical (unpaired) electrons. The Morgan fingerprint density at radius 2 is 2.12 bits per heavy atom. The fourth-order valence-electron chi connectivity index (χ4n) is 2.31. The topological polar surface area (TPSA) is 69.3 Å². The third-order valence-corrected chi connectivity index (χ3v) is 3.60. The molecule has 25 heavy (non-hydrogen) atoms. The molecule has 0 aliphatic carbocycles. The summed E-state index contributed by atoms with van der Waals surface area (Å²) in [7, 11) is 0.